The van der Waals surface area contributed by atoms with Gasteiger partial charge in [0.25, 0.3) is 0 Å². The zero-order valence-electron chi connectivity index (χ0n) is 46.7. The molecule has 4 saturated heterocycles. The number of carbonyl (C=O) groups excluding carboxylic acids is 2. The normalized spacial score (nSPS) is 20.8. The molecule has 0 radical (unpaired) electrons. The molecule has 4 aliphatic heterocycles. The summed E-state index contributed by atoms with van der Waals surface area (Å²) in [6, 6.07) is 14.0. The Bertz CT molecular complexity index is 3260. The molecule has 7 heterocycles. The summed E-state index contributed by atoms with van der Waals surface area (Å²) in [5, 5.41) is 20.6. The van der Waals surface area contributed by atoms with E-state index >= 15 is 17.6 Å². The van der Waals surface area contributed by atoms with Crippen molar-refractivity contribution in [1.29, 1.82) is 5.26 Å². The lowest BCUT2D eigenvalue weighted by molar-refractivity contribution is -0.141. The van der Waals surface area contributed by atoms with Gasteiger partial charge in [-0.1, -0.05) is 57.9 Å². The second-order valence-corrected chi connectivity index (χ2v) is 24.4. The lowest BCUT2D eigenvalue weighted by Crippen LogP contribution is -2.58. The van der Waals surface area contributed by atoms with Gasteiger partial charge in [-0.15, -0.1) is 11.3 Å². The molecule has 80 heavy (non-hydrogen) atoms. The number of piperazine rings is 1. The Morgan fingerprint density at radius 1 is 0.975 bits per heavy atom. The van der Waals surface area contributed by atoms with E-state index in [1.54, 1.807) is 29.0 Å². The molecule has 0 spiro atoms. The molecule has 2 bridgehead atoms. The highest BCUT2D eigenvalue weighted by Crippen LogP contribution is 2.47. The minimum Gasteiger partial charge on any atom is -0.462 e. The molecule has 0 saturated carbocycles. The fourth-order valence-corrected chi connectivity index (χ4v) is 13.4. The maximum atomic E-state index is 17.5. The van der Waals surface area contributed by atoms with E-state index in [1.807, 2.05) is 49.1 Å². The number of fused-ring (bicyclic) bond motifs is 4. The number of unbranched alkanes of at least 4 members (excludes halogenated alkanes) is 1. The zero-order chi connectivity index (χ0) is 56.6. The third-order valence-corrected chi connectivity index (χ3v) is 17.9. The minimum atomic E-state index is -5.00. The molecule has 4 fully saturated rings. The van der Waals surface area contributed by atoms with Crippen molar-refractivity contribution in [2.45, 2.75) is 148 Å². The van der Waals surface area contributed by atoms with Gasteiger partial charge in [0, 0.05) is 103 Å². The van der Waals surface area contributed by atoms with Crippen molar-refractivity contribution in [3.05, 3.63) is 82.4 Å². The molecule has 426 valence electrons. The quantitative estimate of drug-likeness (QED) is 0.0386. The number of nitrogens with zero attached hydrogens (tertiary/aromatic N) is 8. The van der Waals surface area contributed by atoms with Crippen LogP contribution in [0.25, 0.3) is 43.4 Å². The van der Waals surface area contributed by atoms with Crippen molar-refractivity contribution in [2.75, 3.05) is 56.5 Å². The van der Waals surface area contributed by atoms with Gasteiger partial charge in [0.2, 0.25) is 11.8 Å². The van der Waals surface area contributed by atoms with E-state index in [-0.39, 0.29) is 100.0 Å². The first-order chi connectivity index (χ1) is 38.3. The van der Waals surface area contributed by atoms with Crippen LogP contribution in [0.3, 0.4) is 0 Å². The second-order valence-electron chi connectivity index (χ2n) is 23.6. The molecule has 10 rings (SSSR count). The lowest BCUT2D eigenvalue weighted by atomic mass is 9.85. The van der Waals surface area contributed by atoms with Gasteiger partial charge in [-0.2, -0.15) is 28.4 Å². The molecule has 6 atom stereocenters. The summed E-state index contributed by atoms with van der Waals surface area (Å²) in [5.41, 5.74) is 8.91. The summed E-state index contributed by atoms with van der Waals surface area (Å²) in [6.07, 6.45) is 5.36. The molecule has 2 amide bonds. The van der Waals surface area contributed by atoms with Gasteiger partial charge in [0.05, 0.1) is 32.9 Å². The number of amides is 2. The summed E-state index contributed by atoms with van der Waals surface area (Å²) in [5.74, 6) is -1.23. The molecular weight excluding hydrogens is 1040 g/mol. The summed E-state index contributed by atoms with van der Waals surface area (Å²) in [4.78, 5) is 49.5. The summed E-state index contributed by atoms with van der Waals surface area (Å²) < 4.78 is 71.4. The van der Waals surface area contributed by atoms with Gasteiger partial charge in [0.1, 0.15) is 30.1 Å². The molecule has 5 N–H and O–H groups in total. The van der Waals surface area contributed by atoms with Gasteiger partial charge in [-0.05, 0) is 113 Å². The number of alkyl halides is 3. The molecule has 3 aromatic heterocycles. The Morgan fingerprint density at radius 3 is 2.42 bits per heavy atom. The van der Waals surface area contributed by atoms with E-state index < -0.39 is 34.6 Å². The molecule has 3 aromatic carbocycles. The monoisotopic (exact) mass is 1120 g/mol. The van der Waals surface area contributed by atoms with Crippen molar-refractivity contribution < 1.29 is 31.9 Å². The smallest absolute Gasteiger partial charge is 0.417 e. The number of carbonyl (C=O) groups is 2. The summed E-state index contributed by atoms with van der Waals surface area (Å²) in [6.45, 7) is 14.0. The number of nitrogen functional groups attached to an aromatic ring is 1. The number of nitrogens with two attached hydrogens (primary N) is 1. The number of halogens is 4. The second kappa shape index (κ2) is 23.6. The maximum Gasteiger partial charge on any atom is 0.417 e. The van der Waals surface area contributed by atoms with Crippen LogP contribution in [0.1, 0.15) is 127 Å². The number of benzene rings is 3. The zero-order valence-corrected chi connectivity index (χ0v) is 47.5. The number of nitriles is 1. The van der Waals surface area contributed by atoms with Crippen LogP contribution in [0.15, 0.2) is 54.2 Å². The fraction of sp³-hybridized carbons (Fsp3) is 0.533. The first-order valence-electron chi connectivity index (χ1n) is 28.4. The molecule has 15 nitrogen and oxygen atoms in total. The molecule has 4 aliphatic rings. The number of aromatic nitrogens is 4. The van der Waals surface area contributed by atoms with Crippen LogP contribution >= 0.6 is 11.3 Å². The molecular formula is C60H74F4N12O3S. The van der Waals surface area contributed by atoms with Crippen LogP contribution in [0.2, 0.25) is 0 Å². The van der Waals surface area contributed by atoms with Crippen LogP contribution in [-0.2, 0) is 22.8 Å². The predicted octanol–water partition coefficient (Wildman–Crippen LogP) is 10.4. The lowest BCUT2D eigenvalue weighted by Gasteiger charge is -2.38. The number of hydrogen-bond donors (Lipinski definition) is 4. The molecule has 6 aromatic rings. The van der Waals surface area contributed by atoms with Gasteiger partial charge < -0.3 is 40.8 Å². The molecule has 2 unspecified atom stereocenters. The third-order valence-electron chi connectivity index (χ3n) is 16.9. The highest BCUT2D eigenvalue weighted by Gasteiger charge is 2.41. The summed E-state index contributed by atoms with van der Waals surface area (Å²) >= 11 is 1.64. The van der Waals surface area contributed by atoms with Crippen molar-refractivity contribution in [3.8, 4) is 33.6 Å². The summed E-state index contributed by atoms with van der Waals surface area (Å²) in [7, 11) is 1.62. The van der Waals surface area contributed by atoms with Crippen LogP contribution in [0.4, 0.5) is 29.1 Å². The van der Waals surface area contributed by atoms with Gasteiger partial charge in [-0.25, -0.2) is 9.37 Å². The van der Waals surface area contributed by atoms with Crippen LogP contribution in [0, 0.1) is 29.5 Å². The van der Waals surface area contributed by atoms with Crippen LogP contribution in [-0.4, -0.2) is 117 Å². The number of aryl methyl sites for hydroxylation is 2. The Hall–Kier alpha value is -6.40. The number of anilines is 2. The van der Waals surface area contributed by atoms with Crippen molar-refractivity contribution in [2.24, 2.45) is 12.5 Å². The Balaban J connectivity index is 0.797. The van der Waals surface area contributed by atoms with E-state index in [0.29, 0.717) is 51.1 Å². The van der Waals surface area contributed by atoms with E-state index in [4.69, 9.17) is 15.5 Å². The van der Waals surface area contributed by atoms with Crippen LogP contribution < -0.4 is 31.3 Å². The first-order valence-corrected chi connectivity index (χ1v) is 29.3. The Labute approximate surface area is 469 Å². The number of likely N-dealkylation sites (tertiary alicyclic amines) is 2. The molecule has 20 heteroatoms. The van der Waals surface area contributed by atoms with Crippen molar-refractivity contribution in [1.82, 2.24) is 45.3 Å². The molecule has 0 aliphatic carbocycles. The fourth-order valence-electron chi connectivity index (χ4n) is 12.6. The van der Waals surface area contributed by atoms with Crippen LogP contribution in [0.5, 0.6) is 6.01 Å². The van der Waals surface area contributed by atoms with Gasteiger partial charge in [-0.3, -0.25) is 14.5 Å². The van der Waals surface area contributed by atoms with E-state index in [9.17, 15) is 14.9 Å². The number of ether oxygens (including phenoxy) is 1. The van der Waals surface area contributed by atoms with E-state index in [0.717, 1.165) is 75.2 Å². The van der Waals surface area contributed by atoms with E-state index in [2.05, 4.69) is 62.0 Å². The largest absolute Gasteiger partial charge is 0.462 e. The minimum absolute atomic E-state index is 0.00983. The standard InChI is InChI=1S/C60H74F4N12O3S/c1-35(37-16-18-38(19-17-37)54-36(2)68-34-80-54)67-29-41-13-8-7-10-26-76(41)57(78)55(59(3,4)5)70-49(77)15-9-11-24-74-25-12-14-42(74)33-79-58-71-53-43(56(72-58)75-30-39-20-21-40(31-75)69-39)27-46(60(62,63)64)51(52(53)61)45-32-73(6)48-23-22-47(66)44(28-65)50(45)48/h16-19,22-23,27,32,34-35,39-42,55,67,69H,7-15,20-21,24-26,29-31,33,66H2,1-6H3,(H,70,77)/t35-,39?,40?,41-,42-,55+/m0/s1. The Morgan fingerprint density at radius 2 is 1.73 bits per heavy atom. The van der Waals surface area contributed by atoms with Crippen molar-refractivity contribution in [3.63, 3.8) is 0 Å². The number of nitrogens with one attached hydrogen (secondary N) is 3. The maximum absolute atomic E-state index is 17.5. The average molecular weight is 1120 g/mol. The first kappa shape index (κ1) is 56.9. The highest BCUT2D eigenvalue weighted by atomic mass is 32.1. The highest BCUT2D eigenvalue weighted by molar-refractivity contribution is 7.13. The topological polar surface area (TPSA) is 183 Å². The predicted molar refractivity (Wildman–Crippen MR) is 306 cm³/mol. The van der Waals surface area contributed by atoms with Crippen molar-refractivity contribution >= 4 is 56.5 Å². The average Bonchev–Trinajstić information content (AvgIpc) is 4.30. The SMILES string of the molecule is Cc1ncsc1-c1ccc([C@H](C)NC[C@@H]2CCCCCN2C(=O)[C@@H](NC(=O)CCCCN2CCC[C@H]2COc2nc(N3CC4CCC(C3)N4)c3cc(C(F)(F)F)c(-c4cn(C)c5ccc(N)c(C#N)c45)c(F)c3n2)C(C)(C)C)cc1. The Kier molecular flexibility index (Phi) is 16.8. The van der Waals surface area contributed by atoms with Gasteiger partial charge >= 0.3 is 12.2 Å². The third kappa shape index (κ3) is 12.0. The van der Waals surface area contributed by atoms with E-state index in [1.165, 1.54) is 22.7 Å². The number of hydrogen-bond acceptors (Lipinski definition) is 13. The van der Waals surface area contributed by atoms with Gasteiger partial charge in [0.15, 0.2) is 5.82 Å². The number of rotatable bonds is 17. The number of thiazole rings is 1.